The van der Waals surface area contributed by atoms with E-state index in [2.05, 4.69) is 0 Å². The topological polar surface area (TPSA) is 63.4 Å². The summed E-state index contributed by atoms with van der Waals surface area (Å²) in [5, 5.41) is 20.0. The smallest absolute Gasteiger partial charge is 0.272 e. The first kappa shape index (κ1) is 11.0. The van der Waals surface area contributed by atoms with Crippen LogP contribution in [0.25, 0.3) is 0 Å². The lowest BCUT2D eigenvalue weighted by atomic mass is 10.0. The molecule has 4 nitrogen and oxygen atoms in total. The second-order valence-electron chi connectivity index (χ2n) is 4.14. The van der Waals surface area contributed by atoms with Crippen molar-refractivity contribution in [3.05, 3.63) is 39.7 Å². The first-order valence-corrected chi connectivity index (χ1v) is 5.19. The fourth-order valence-corrected chi connectivity index (χ4v) is 1.69. The van der Waals surface area contributed by atoms with Gasteiger partial charge in [0.05, 0.1) is 17.1 Å². The van der Waals surface area contributed by atoms with E-state index in [1.165, 1.54) is 12.1 Å². The second-order valence-corrected chi connectivity index (χ2v) is 4.14. The summed E-state index contributed by atoms with van der Waals surface area (Å²) in [6.45, 7) is 0. The van der Waals surface area contributed by atoms with Gasteiger partial charge in [0.15, 0.2) is 0 Å². The molecule has 0 spiro atoms. The van der Waals surface area contributed by atoms with E-state index in [1.54, 1.807) is 0 Å². The van der Waals surface area contributed by atoms with Crippen molar-refractivity contribution in [1.29, 1.82) is 0 Å². The minimum Gasteiger partial charge on any atom is -0.392 e. The van der Waals surface area contributed by atoms with E-state index in [0.29, 0.717) is 5.56 Å². The molecule has 0 bridgehead atoms. The van der Waals surface area contributed by atoms with Gasteiger partial charge in [0.25, 0.3) is 5.69 Å². The van der Waals surface area contributed by atoms with Gasteiger partial charge in [-0.2, -0.15) is 0 Å². The van der Waals surface area contributed by atoms with Crippen LogP contribution in [0.15, 0.2) is 18.2 Å². The fourth-order valence-electron chi connectivity index (χ4n) is 1.69. The molecule has 1 N–H and O–H groups in total. The number of rotatable bonds is 4. The molecule has 1 saturated carbocycles. The highest BCUT2D eigenvalue weighted by molar-refractivity contribution is 5.34. The molecular formula is C11H12FNO3. The largest absolute Gasteiger partial charge is 0.392 e. The van der Waals surface area contributed by atoms with Crippen molar-refractivity contribution in [2.75, 3.05) is 0 Å². The number of aliphatic hydroxyl groups excluding tert-OH is 1. The SMILES string of the molecule is O=[N+]([O-])c1ccc(CC(O)C2CC2)c(F)c1. The van der Waals surface area contributed by atoms with Gasteiger partial charge in [-0.25, -0.2) is 4.39 Å². The van der Waals surface area contributed by atoms with Gasteiger partial charge in [-0.15, -0.1) is 0 Å². The Morgan fingerprint density at radius 2 is 2.25 bits per heavy atom. The maximum atomic E-state index is 13.4. The molecular weight excluding hydrogens is 213 g/mol. The first-order chi connectivity index (χ1) is 7.58. The average molecular weight is 225 g/mol. The quantitative estimate of drug-likeness (QED) is 0.630. The van der Waals surface area contributed by atoms with Crippen LogP contribution in [0.5, 0.6) is 0 Å². The van der Waals surface area contributed by atoms with Gasteiger partial charge in [0.2, 0.25) is 0 Å². The molecule has 0 radical (unpaired) electrons. The van der Waals surface area contributed by atoms with Crippen LogP contribution >= 0.6 is 0 Å². The Labute approximate surface area is 91.9 Å². The Bertz CT molecular complexity index is 418. The maximum absolute atomic E-state index is 13.4. The second kappa shape index (κ2) is 4.17. The van der Waals surface area contributed by atoms with Gasteiger partial charge in [0.1, 0.15) is 5.82 Å². The van der Waals surface area contributed by atoms with E-state index in [0.717, 1.165) is 18.9 Å². The van der Waals surface area contributed by atoms with E-state index < -0.39 is 16.8 Å². The molecule has 1 atom stereocenters. The van der Waals surface area contributed by atoms with Crippen LogP contribution in [0, 0.1) is 21.8 Å². The van der Waals surface area contributed by atoms with E-state index in [1.807, 2.05) is 0 Å². The van der Waals surface area contributed by atoms with Gasteiger partial charge in [-0.3, -0.25) is 10.1 Å². The van der Waals surface area contributed by atoms with Crippen molar-refractivity contribution >= 4 is 5.69 Å². The normalized spacial score (nSPS) is 17.1. The summed E-state index contributed by atoms with van der Waals surface area (Å²) in [6, 6.07) is 3.53. The third-order valence-electron chi connectivity index (χ3n) is 2.84. The zero-order valence-electron chi connectivity index (χ0n) is 8.60. The number of benzene rings is 1. The maximum Gasteiger partial charge on any atom is 0.272 e. The van der Waals surface area contributed by atoms with Crippen molar-refractivity contribution in [3.8, 4) is 0 Å². The zero-order valence-corrected chi connectivity index (χ0v) is 8.60. The molecule has 1 fully saturated rings. The van der Waals surface area contributed by atoms with Crippen LogP contribution in [0.4, 0.5) is 10.1 Å². The van der Waals surface area contributed by atoms with Crippen molar-refractivity contribution < 1.29 is 14.4 Å². The summed E-state index contributed by atoms with van der Waals surface area (Å²) in [5.74, 6) is -0.344. The number of hydrogen-bond donors (Lipinski definition) is 1. The molecule has 0 aliphatic heterocycles. The van der Waals surface area contributed by atoms with Crippen LogP contribution in [0.1, 0.15) is 18.4 Å². The standard InChI is InChI=1S/C11H12FNO3/c12-10-6-9(13(15)16)4-3-8(10)5-11(14)7-1-2-7/h3-4,6-7,11,14H,1-2,5H2. The molecule has 0 amide bonds. The Balaban J connectivity index is 2.12. The Morgan fingerprint density at radius 1 is 1.56 bits per heavy atom. The van der Waals surface area contributed by atoms with Crippen LogP contribution in [0.3, 0.4) is 0 Å². The van der Waals surface area contributed by atoms with Crippen molar-refractivity contribution in [2.45, 2.75) is 25.4 Å². The van der Waals surface area contributed by atoms with Crippen LogP contribution in [0.2, 0.25) is 0 Å². The molecule has 2 rings (SSSR count). The number of nitrogens with zero attached hydrogens (tertiary/aromatic N) is 1. The number of non-ortho nitro benzene ring substituents is 1. The lowest BCUT2D eigenvalue weighted by Gasteiger charge is -2.09. The molecule has 1 aromatic rings. The van der Waals surface area contributed by atoms with E-state index >= 15 is 0 Å². The summed E-state index contributed by atoms with van der Waals surface area (Å²) in [6.07, 6.45) is 1.66. The van der Waals surface area contributed by atoms with E-state index in [9.17, 15) is 19.6 Å². The van der Waals surface area contributed by atoms with Crippen molar-refractivity contribution in [2.24, 2.45) is 5.92 Å². The lowest BCUT2D eigenvalue weighted by molar-refractivity contribution is -0.385. The highest BCUT2D eigenvalue weighted by Gasteiger charge is 2.30. The number of aliphatic hydroxyl groups is 1. The summed E-state index contributed by atoms with van der Waals surface area (Å²) < 4.78 is 13.4. The molecule has 16 heavy (non-hydrogen) atoms. The predicted octanol–water partition coefficient (Wildman–Crippen LogP) is 2.05. The lowest BCUT2D eigenvalue weighted by Crippen LogP contribution is -2.13. The highest BCUT2D eigenvalue weighted by Crippen LogP contribution is 2.34. The number of nitro benzene ring substituents is 1. The van der Waals surface area contributed by atoms with Gasteiger partial charge >= 0.3 is 0 Å². The fraction of sp³-hybridized carbons (Fsp3) is 0.455. The molecule has 0 aromatic heterocycles. The number of halogens is 1. The van der Waals surface area contributed by atoms with E-state index in [-0.39, 0.29) is 18.0 Å². The van der Waals surface area contributed by atoms with Crippen molar-refractivity contribution in [3.63, 3.8) is 0 Å². The molecule has 1 aliphatic carbocycles. The highest BCUT2D eigenvalue weighted by atomic mass is 19.1. The molecule has 0 saturated heterocycles. The Morgan fingerprint density at radius 3 is 2.75 bits per heavy atom. The average Bonchev–Trinajstić information content (AvgIpc) is 3.03. The first-order valence-electron chi connectivity index (χ1n) is 5.19. The van der Waals surface area contributed by atoms with Gasteiger partial charge in [-0.1, -0.05) is 0 Å². The van der Waals surface area contributed by atoms with Crippen LogP contribution in [-0.2, 0) is 6.42 Å². The zero-order chi connectivity index (χ0) is 11.7. The van der Waals surface area contributed by atoms with Gasteiger partial charge in [0, 0.05) is 12.5 Å². The molecule has 1 aliphatic rings. The monoisotopic (exact) mass is 225 g/mol. The molecule has 0 heterocycles. The predicted molar refractivity (Wildman–Crippen MR) is 55.5 cm³/mol. The van der Waals surface area contributed by atoms with Crippen LogP contribution < -0.4 is 0 Å². The number of nitro groups is 1. The number of hydrogen-bond acceptors (Lipinski definition) is 3. The Kier molecular flexibility index (Phi) is 2.87. The third kappa shape index (κ3) is 2.36. The third-order valence-corrected chi connectivity index (χ3v) is 2.84. The summed E-state index contributed by atoms with van der Waals surface area (Å²) >= 11 is 0. The van der Waals surface area contributed by atoms with Gasteiger partial charge < -0.3 is 5.11 Å². The Hall–Kier alpha value is -1.49. The van der Waals surface area contributed by atoms with Crippen molar-refractivity contribution in [1.82, 2.24) is 0 Å². The minimum atomic E-state index is -0.635. The summed E-state index contributed by atoms with van der Waals surface area (Å²) in [5.41, 5.74) is 0.0761. The van der Waals surface area contributed by atoms with E-state index in [4.69, 9.17) is 0 Å². The summed E-state index contributed by atoms with van der Waals surface area (Å²) in [7, 11) is 0. The van der Waals surface area contributed by atoms with Crippen LogP contribution in [-0.4, -0.2) is 16.1 Å². The minimum absolute atomic E-state index is 0.231. The molecule has 1 aromatic carbocycles. The molecule has 1 unspecified atom stereocenters. The summed E-state index contributed by atoms with van der Waals surface area (Å²) in [4.78, 5) is 9.76. The molecule has 86 valence electrons. The van der Waals surface area contributed by atoms with Gasteiger partial charge in [-0.05, 0) is 30.4 Å². The molecule has 5 heteroatoms.